The summed E-state index contributed by atoms with van der Waals surface area (Å²) in [5.74, 6) is 1.18. The molecule has 0 fully saturated rings. The van der Waals surface area contributed by atoms with Gasteiger partial charge < -0.3 is 29.7 Å². The van der Waals surface area contributed by atoms with Gasteiger partial charge in [0.25, 0.3) is 0 Å². The van der Waals surface area contributed by atoms with E-state index in [0.29, 0.717) is 49.8 Å². The fourth-order valence-electron chi connectivity index (χ4n) is 3.91. The molecular weight excluding hydrogens is 496 g/mol. The second-order valence-corrected chi connectivity index (χ2v) is 10.7. The summed E-state index contributed by atoms with van der Waals surface area (Å²) >= 11 is 0. The predicted molar refractivity (Wildman–Crippen MR) is 141 cm³/mol. The van der Waals surface area contributed by atoms with Crippen LogP contribution in [0.3, 0.4) is 0 Å². The fourth-order valence-corrected chi connectivity index (χ4v) is 4.47. The maximum absolute atomic E-state index is 11.5. The first kappa shape index (κ1) is 26.7. The lowest BCUT2D eigenvalue weighted by atomic mass is 10.1. The number of rotatable bonds is 12. The summed E-state index contributed by atoms with van der Waals surface area (Å²) in [6.45, 7) is 2.24. The molecule has 0 aliphatic carbocycles. The summed E-state index contributed by atoms with van der Waals surface area (Å²) < 4.78 is 42.9. The standard InChI is InChI=1S/C27H32N2O7S/c1-37(32,33)29-23-14-21(8-9-24(23)30)25(31)15-28-12-11-19-7-10-26-27(13-19)36-22(18-35-26)17-34-16-20-5-3-2-4-6-20/h2-10,13-14,22,25,28-31H,11-12,15-18H2,1H3/t22-,25+/m1/s1. The van der Waals surface area contributed by atoms with Crippen molar-refractivity contribution in [3.05, 3.63) is 83.4 Å². The highest BCUT2D eigenvalue weighted by molar-refractivity contribution is 7.92. The van der Waals surface area contributed by atoms with Crippen molar-refractivity contribution in [2.24, 2.45) is 0 Å². The molecule has 0 bridgehead atoms. The summed E-state index contributed by atoms with van der Waals surface area (Å²) in [6, 6.07) is 20.1. The molecule has 1 aliphatic rings. The van der Waals surface area contributed by atoms with E-state index in [1.807, 2.05) is 48.5 Å². The van der Waals surface area contributed by atoms with E-state index < -0.39 is 16.1 Å². The van der Waals surface area contributed by atoms with Crippen LogP contribution in [0.5, 0.6) is 17.2 Å². The highest BCUT2D eigenvalue weighted by Crippen LogP contribution is 2.33. The molecular formula is C27H32N2O7S. The SMILES string of the molecule is CS(=O)(=O)Nc1cc([C@@H](O)CNCCc2ccc3c(c2)O[C@H](COCc2ccccc2)CO3)ccc1O. The minimum atomic E-state index is -3.55. The first-order valence-electron chi connectivity index (χ1n) is 12.0. The van der Waals surface area contributed by atoms with Crippen LogP contribution in [0, 0.1) is 0 Å². The first-order chi connectivity index (χ1) is 17.8. The van der Waals surface area contributed by atoms with E-state index in [-0.39, 0.29) is 24.1 Å². The van der Waals surface area contributed by atoms with Crippen LogP contribution in [0.1, 0.15) is 22.8 Å². The number of hydrogen-bond acceptors (Lipinski definition) is 8. The molecule has 37 heavy (non-hydrogen) atoms. The van der Waals surface area contributed by atoms with Gasteiger partial charge in [0.2, 0.25) is 10.0 Å². The Bertz CT molecular complexity index is 1290. The van der Waals surface area contributed by atoms with Gasteiger partial charge in [-0.15, -0.1) is 0 Å². The minimum Gasteiger partial charge on any atom is -0.506 e. The molecule has 0 unspecified atom stereocenters. The number of aromatic hydroxyl groups is 1. The molecule has 2 atom stereocenters. The Morgan fingerprint density at radius 3 is 2.65 bits per heavy atom. The maximum atomic E-state index is 11.5. The first-order valence-corrected chi connectivity index (χ1v) is 13.9. The highest BCUT2D eigenvalue weighted by Gasteiger charge is 2.21. The van der Waals surface area contributed by atoms with Gasteiger partial charge in [0.1, 0.15) is 12.4 Å². The van der Waals surface area contributed by atoms with Gasteiger partial charge in [0.15, 0.2) is 17.6 Å². The van der Waals surface area contributed by atoms with Gasteiger partial charge in [-0.3, -0.25) is 4.72 Å². The number of phenolic OH excluding ortho intramolecular Hbond substituents is 1. The Morgan fingerprint density at radius 2 is 1.86 bits per heavy atom. The zero-order chi connectivity index (χ0) is 26.3. The Labute approximate surface area is 217 Å². The molecule has 4 rings (SSSR count). The molecule has 0 aromatic heterocycles. The topological polar surface area (TPSA) is 126 Å². The quantitative estimate of drug-likeness (QED) is 0.209. The predicted octanol–water partition coefficient (Wildman–Crippen LogP) is 2.99. The zero-order valence-electron chi connectivity index (χ0n) is 20.6. The van der Waals surface area contributed by atoms with Gasteiger partial charge in [-0.1, -0.05) is 42.5 Å². The van der Waals surface area contributed by atoms with Crippen molar-refractivity contribution >= 4 is 15.7 Å². The van der Waals surface area contributed by atoms with Crippen molar-refractivity contribution < 1.29 is 32.8 Å². The number of ether oxygens (including phenoxy) is 3. The summed E-state index contributed by atoms with van der Waals surface area (Å²) in [5, 5.41) is 23.6. The number of anilines is 1. The molecule has 1 heterocycles. The molecule has 9 nitrogen and oxygen atoms in total. The van der Waals surface area contributed by atoms with Crippen molar-refractivity contribution in [1.29, 1.82) is 0 Å². The third-order valence-corrected chi connectivity index (χ3v) is 6.36. The van der Waals surface area contributed by atoms with E-state index in [2.05, 4.69) is 10.0 Å². The summed E-state index contributed by atoms with van der Waals surface area (Å²) in [5.41, 5.74) is 2.67. The van der Waals surface area contributed by atoms with Crippen molar-refractivity contribution in [3.63, 3.8) is 0 Å². The number of benzene rings is 3. The number of aliphatic hydroxyl groups is 1. The Balaban J connectivity index is 1.23. The number of nitrogens with one attached hydrogen (secondary N) is 2. The van der Waals surface area contributed by atoms with Crippen LogP contribution in [0.25, 0.3) is 0 Å². The van der Waals surface area contributed by atoms with E-state index in [0.717, 1.165) is 17.4 Å². The van der Waals surface area contributed by atoms with Crippen LogP contribution in [0.2, 0.25) is 0 Å². The Morgan fingerprint density at radius 1 is 1.05 bits per heavy atom. The summed E-state index contributed by atoms with van der Waals surface area (Å²) in [6.07, 6.45) is 0.633. The second kappa shape index (κ2) is 12.3. The largest absolute Gasteiger partial charge is 0.506 e. The van der Waals surface area contributed by atoms with Crippen molar-refractivity contribution in [1.82, 2.24) is 5.32 Å². The smallest absolute Gasteiger partial charge is 0.229 e. The molecule has 3 aromatic rings. The highest BCUT2D eigenvalue weighted by atomic mass is 32.2. The fraction of sp³-hybridized carbons (Fsp3) is 0.333. The molecule has 3 aromatic carbocycles. The van der Waals surface area contributed by atoms with Crippen LogP contribution < -0.4 is 19.5 Å². The summed E-state index contributed by atoms with van der Waals surface area (Å²) in [4.78, 5) is 0. The van der Waals surface area contributed by atoms with Gasteiger partial charge >= 0.3 is 0 Å². The Kier molecular flexibility index (Phi) is 8.88. The zero-order valence-corrected chi connectivity index (χ0v) is 21.4. The van der Waals surface area contributed by atoms with Gasteiger partial charge in [-0.2, -0.15) is 0 Å². The lowest BCUT2D eigenvalue weighted by molar-refractivity contribution is 0.00266. The summed E-state index contributed by atoms with van der Waals surface area (Å²) in [7, 11) is -3.55. The van der Waals surface area contributed by atoms with Crippen LogP contribution >= 0.6 is 0 Å². The molecule has 0 saturated heterocycles. The van der Waals surface area contributed by atoms with Crippen molar-refractivity contribution in [2.75, 3.05) is 37.3 Å². The lowest BCUT2D eigenvalue weighted by Gasteiger charge is -2.27. The Hall–Kier alpha value is -3.31. The van der Waals surface area contributed by atoms with Gasteiger partial charge in [0, 0.05) is 6.54 Å². The monoisotopic (exact) mass is 528 g/mol. The third-order valence-electron chi connectivity index (χ3n) is 5.77. The molecule has 4 N–H and O–H groups in total. The number of aliphatic hydroxyl groups excluding tert-OH is 1. The van der Waals surface area contributed by atoms with Crippen LogP contribution in [-0.4, -0.2) is 57.3 Å². The van der Waals surface area contributed by atoms with Crippen LogP contribution in [0.4, 0.5) is 5.69 Å². The molecule has 0 radical (unpaired) electrons. The second-order valence-electron chi connectivity index (χ2n) is 8.95. The molecule has 0 saturated carbocycles. The minimum absolute atomic E-state index is 0.0269. The normalized spacial score (nSPS) is 15.8. The average Bonchev–Trinajstić information content (AvgIpc) is 2.87. The van der Waals surface area contributed by atoms with Gasteiger partial charge in [-0.25, -0.2) is 8.42 Å². The van der Waals surface area contributed by atoms with Crippen molar-refractivity contribution in [3.8, 4) is 17.2 Å². The van der Waals surface area contributed by atoms with E-state index >= 15 is 0 Å². The number of hydrogen-bond donors (Lipinski definition) is 4. The van der Waals surface area contributed by atoms with Gasteiger partial charge in [-0.05, 0) is 53.9 Å². The number of phenols is 1. The molecule has 10 heteroatoms. The number of sulfonamides is 1. The number of fused-ring (bicyclic) bond motifs is 1. The van der Waals surface area contributed by atoms with Gasteiger partial charge in [0.05, 0.1) is 31.3 Å². The van der Waals surface area contributed by atoms with E-state index in [4.69, 9.17) is 14.2 Å². The van der Waals surface area contributed by atoms with Crippen molar-refractivity contribution in [2.45, 2.75) is 25.2 Å². The molecule has 0 amide bonds. The maximum Gasteiger partial charge on any atom is 0.229 e. The van der Waals surface area contributed by atoms with E-state index in [9.17, 15) is 18.6 Å². The lowest BCUT2D eigenvalue weighted by Crippen LogP contribution is -2.33. The van der Waals surface area contributed by atoms with E-state index in [1.165, 1.54) is 12.1 Å². The van der Waals surface area contributed by atoms with Crippen LogP contribution in [-0.2, 0) is 27.8 Å². The molecule has 1 aliphatic heterocycles. The molecule has 0 spiro atoms. The third kappa shape index (κ3) is 8.09. The molecule has 198 valence electrons. The van der Waals surface area contributed by atoms with Crippen LogP contribution in [0.15, 0.2) is 66.7 Å². The van der Waals surface area contributed by atoms with E-state index in [1.54, 1.807) is 6.07 Å². The average molecular weight is 529 g/mol.